The molecule has 1 amide bonds. The molecule has 1 N–H and O–H groups in total. The second-order valence-electron chi connectivity index (χ2n) is 3.03. The van der Waals surface area contributed by atoms with E-state index < -0.39 is 0 Å². The van der Waals surface area contributed by atoms with Gasteiger partial charge in [-0.2, -0.15) is 11.8 Å². The van der Waals surface area contributed by atoms with Crippen LogP contribution in [0.25, 0.3) is 0 Å². The van der Waals surface area contributed by atoms with Gasteiger partial charge >= 0.3 is 0 Å². The summed E-state index contributed by atoms with van der Waals surface area (Å²) in [6.07, 6.45) is 2.36. The lowest BCUT2D eigenvalue weighted by molar-refractivity contribution is -0.132. The van der Waals surface area contributed by atoms with Gasteiger partial charge in [0.05, 0.1) is 13.0 Å². The van der Waals surface area contributed by atoms with Crippen molar-refractivity contribution in [2.45, 2.75) is 6.42 Å². The average molecular weight is 225 g/mol. The van der Waals surface area contributed by atoms with Crippen molar-refractivity contribution in [3.63, 3.8) is 0 Å². The maximum atomic E-state index is 11.3. The highest BCUT2D eigenvalue weighted by Crippen LogP contribution is 1.99. The number of nitrogens with one attached hydrogen (secondary N) is 1. The minimum Gasteiger partial charge on any atom is -0.273 e. The van der Waals surface area contributed by atoms with E-state index in [1.54, 1.807) is 11.8 Å². The number of hydrogen-bond acceptors (Lipinski definition) is 3. The topological polar surface area (TPSA) is 38.3 Å². The number of carbonyl (C=O) groups excluding carboxylic acids is 1. The summed E-state index contributed by atoms with van der Waals surface area (Å²) >= 11 is 1.68. The van der Waals surface area contributed by atoms with Crippen molar-refractivity contribution in [2.24, 2.45) is 0 Å². The predicted molar refractivity (Wildman–Crippen MR) is 62.6 cm³/mol. The lowest BCUT2D eigenvalue weighted by Gasteiger charge is -2.04. The molecule has 82 valence electrons. The van der Waals surface area contributed by atoms with Gasteiger partial charge in [-0.1, -0.05) is 30.3 Å². The number of hydroxylamine groups is 1. The normalized spacial score (nSPS) is 9.93. The van der Waals surface area contributed by atoms with E-state index in [2.05, 4.69) is 5.48 Å². The van der Waals surface area contributed by atoms with Crippen LogP contribution in [-0.2, 0) is 16.1 Å². The molecule has 0 bridgehead atoms. The molecule has 1 rings (SSSR count). The number of carbonyl (C=O) groups is 1. The zero-order valence-corrected chi connectivity index (χ0v) is 9.55. The first-order valence-corrected chi connectivity index (χ1v) is 6.16. The third-order valence-electron chi connectivity index (χ3n) is 1.78. The fourth-order valence-corrected chi connectivity index (χ4v) is 1.32. The highest BCUT2D eigenvalue weighted by Gasteiger charge is 2.01. The maximum Gasteiger partial charge on any atom is 0.247 e. The van der Waals surface area contributed by atoms with Gasteiger partial charge in [0.2, 0.25) is 5.91 Å². The van der Waals surface area contributed by atoms with E-state index in [9.17, 15) is 4.79 Å². The van der Waals surface area contributed by atoms with Gasteiger partial charge in [-0.3, -0.25) is 9.63 Å². The first-order chi connectivity index (χ1) is 7.33. The molecule has 0 aliphatic heterocycles. The summed E-state index contributed by atoms with van der Waals surface area (Å²) in [6, 6.07) is 9.59. The predicted octanol–water partition coefficient (Wildman–Crippen LogP) is 1.64. The Bertz CT molecular complexity index is 290. The number of thioether (sulfide) groups is 1. The van der Waals surface area contributed by atoms with Gasteiger partial charge in [-0.15, -0.1) is 0 Å². The fraction of sp³-hybridized carbons (Fsp3) is 0.364. The molecule has 0 unspecified atom stereocenters. The molecule has 0 aliphatic rings. The van der Waals surface area contributed by atoms with E-state index in [-0.39, 0.29) is 5.91 Å². The molecule has 0 saturated carbocycles. The number of benzene rings is 1. The molecule has 0 atom stereocenters. The van der Waals surface area contributed by atoms with Gasteiger partial charge in [-0.05, 0) is 11.8 Å². The zero-order chi connectivity index (χ0) is 10.9. The summed E-state index contributed by atoms with van der Waals surface area (Å²) < 4.78 is 0. The Morgan fingerprint density at radius 3 is 2.80 bits per heavy atom. The highest BCUT2D eigenvalue weighted by molar-refractivity contribution is 7.98. The molecule has 1 aromatic rings. The van der Waals surface area contributed by atoms with Crippen LogP contribution in [0, 0.1) is 0 Å². The van der Waals surface area contributed by atoms with Gasteiger partial charge in [-0.25, -0.2) is 5.48 Å². The summed E-state index contributed by atoms with van der Waals surface area (Å²) in [5.41, 5.74) is 3.40. The molecule has 15 heavy (non-hydrogen) atoms. The Kier molecular flexibility index (Phi) is 5.88. The van der Waals surface area contributed by atoms with E-state index in [4.69, 9.17) is 4.84 Å². The third-order valence-corrected chi connectivity index (χ3v) is 2.36. The van der Waals surface area contributed by atoms with Gasteiger partial charge in [0.1, 0.15) is 0 Å². The number of hydrogen-bond donors (Lipinski definition) is 1. The van der Waals surface area contributed by atoms with Crippen molar-refractivity contribution in [1.29, 1.82) is 0 Å². The van der Waals surface area contributed by atoms with Crippen LogP contribution in [0.15, 0.2) is 30.3 Å². The lowest BCUT2D eigenvalue weighted by Crippen LogP contribution is -2.26. The number of rotatable bonds is 6. The second-order valence-corrected chi connectivity index (χ2v) is 4.01. The molecule has 0 aliphatic carbocycles. The van der Waals surface area contributed by atoms with Crippen LogP contribution in [0.3, 0.4) is 0 Å². The molecular weight excluding hydrogens is 210 g/mol. The highest BCUT2D eigenvalue weighted by atomic mass is 32.2. The Balaban J connectivity index is 2.19. The van der Waals surface area contributed by atoms with Crippen molar-refractivity contribution >= 4 is 17.7 Å². The largest absolute Gasteiger partial charge is 0.273 e. The maximum absolute atomic E-state index is 11.3. The SMILES string of the molecule is CSCCONC(=O)Cc1ccccc1. The van der Waals surface area contributed by atoms with Crippen molar-refractivity contribution in [3.05, 3.63) is 35.9 Å². The van der Waals surface area contributed by atoms with Crippen molar-refractivity contribution < 1.29 is 9.63 Å². The molecule has 0 spiro atoms. The zero-order valence-electron chi connectivity index (χ0n) is 8.73. The molecule has 0 saturated heterocycles. The first kappa shape index (κ1) is 12.1. The van der Waals surface area contributed by atoms with Gasteiger partial charge in [0.15, 0.2) is 0 Å². The summed E-state index contributed by atoms with van der Waals surface area (Å²) in [4.78, 5) is 16.3. The standard InChI is InChI=1S/C11H15NO2S/c1-15-8-7-14-12-11(13)9-10-5-3-2-4-6-10/h2-6H,7-9H2,1H3,(H,12,13). The molecule has 4 heteroatoms. The molecule has 0 fully saturated rings. The van der Waals surface area contributed by atoms with Crippen LogP contribution in [0.4, 0.5) is 0 Å². The Morgan fingerprint density at radius 1 is 1.40 bits per heavy atom. The minimum atomic E-state index is -0.109. The van der Waals surface area contributed by atoms with Crippen molar-refractivity contribution in [1.82, 2.24) is 5.48 Å². The Labute approximate surface area is 94.2 Å². The smallest absolute Gasteiger partial charge is 0.247 e. The lowest BCUT2D eigenvalue weighted by atomic mass is 10.1. The van der Waals surface area contributed by atoms with Crippen molar-refractivity contribution in [2.75, 3.05) is 18.6 Å². The van der Waals surface area contributed by atoms with Crippen LogP contribution in [0.5, 0.6) is 0 Å². The van der Waals surface area contributed by atoms with Gasteiger partial charge in [0.25, 0.3) is 0 Å². The quantitative estimate of drug-likeness (QED) is 0.591. The summed E-state index contributed by atoms with van der Waals surface area (Å²) in [6.45, 7) is 0.543. The Hall–Kier alpha value is -1.00. The van der Waals surface area contributed by atoms with Crippen LogP contribution in [0.2, 0.25) is 0 Å². The molecule has 0 aromatic heterocycles. The molecular formula is C11H15NO2S. The summed E-state index contributed by atoms with van der Waals surface area (Å²) in [7, 11) is 0. The van der Waals surface area contributed by atoms with Crippen LogP contribution in [-0.4, -0.2) is 24.5 Å². The summed E-state index contributed by atoms with van der Waals surface area (Å²) in [5, 5.41) is 0. The van der Waals surface area contributed by atoms with Crippen LogP contribution < -0.4 is 5.48 Å². The van der Waals surface area contributed by atoms with Crippen molar-refractivity contribution in [3.8, 4) is 0 Å². The van der Waals surface area contributed by atoms with E-state index in [1.807, 2.05) is 36.6 Å². The van der Waals surface area contributed by atoms with E-state index in [0.717, 1.165) is 11.3 Å². The summed E-state index contributed by atoms with van der Waals surface area (Å²) in [5.74, 6) is 0.772. The van der Waals surface area contributed by atoms with Crippen LogP contribution >= 0.6 is 11.8 Å². The van der Waals surface area contributed by atoms with Gasteiger partial charge < -0.3 is 0 Å². The average Bonchev–Trinajstić information content (AvgIpc) is 2.26. The first-order valence-electron chi connectivity index (χ1n) is 4.76. The van der Waals surface area contributed by atoms with Crippen LogP contribution in [0.1, 0.15) is 5.56 Å². The monoisotopic (exact) mass is 225 g/mol. The van der Waals surface area contributed by atoms with E-state index in [1.165, 1.54) is 0 Å². The van der Waals surface area contributed by atoms with Gasteiger partial charge in [0, 0.05) is 5.75 Å². The second kappa shape index (κ2) is 7.31. The molecule has 3 nitrogen and oxygen atoms in total. The fourth-order valence-electron chi connectivity index (χ4n) is 1.07. The molecule has 0 radical (unpaired) electrons. The molecule has 1 aromatic carbocycles. The molecule has 0 heterocycles. The van der Waals surface area contributed by atoms with E-state index >= 15 is 0 Å². The third kappa shape index (κ3) is 5.44. The Morgan fingerprint density at radius 2 is 2.13 bits per heavy atom. The minimum absolute atomic E-state index is 0.109. The number of amides is 1. The van der Waals surface area contributed by atoms with E-state index in [0.29, 0.717) is 13.0 Å².